The number of fused-ring (bicyclic) bond motifs is 1. The summed E-state index contributed by atoms with van der Waals surface area (Å²) in [5.74, 6) is -1.97. The molecule has 1 aliphatic rings. The quantitative estimate of drug-likeness (QED) is 0.339. The van der Waals surface area contributed by atoms with E-state index in [0.29, 0.717) is 61.3 Å². The number of benzene rings is 2. The molecule has 1 aliphatic heterocycles. The fourth-order valence-electron chi connectivity index (χ4n) is 4.72. The van der Waals surface area contributed by atoms with E-state index in [9.17, 15) is 23.9 Å². The largest absolute Gasteiger partial charge is 0.465 e. The van der Waals surface area contributed by atoms with Crippen molar-refractivity contribution in [1.82, 2.24) is 19.7 Å². The lowest BCUT2D eigenvalue weighted by atomic mass is 10.1. The van der Waals surface area contributed by atoms with Crippen molar-refractivity contribution in [3.05, 3.63) is 52.7 Å². The first kappa shape index (κ1) is 26.3. The van der Waals surface area contributed by atoms with Crippen molar-refractivity contribution in [3.8, 4) is 17.3 Å². The number of halogens is 3. The molecule has 1 fully saturated rings. The second-order valence-corrected chi connectivity index (χ2v) is 9.86. The molecule has 0 saturated carbocycles. The molecule has 2 aromatic heterocycles. The normalized spacial score (nSPS) is 13.6. The van der Waals surface area contributed by atoms with Crippen LogP contribution in [0.15, 0.2) is 30.3 Å². The van der Waals surface area contributed by atoms with E-state index in [2.05, 4.69) is 16.2 Å². The molecule has 1 saturated heterocycles. The predicted octanol–water partition coefficient (Wildman–Crippen LogP) is 5.43. The van der Waals surface area contributed by atoms with Gasteiger partial charge < -0.3 is 19.8 Å². The molecule has 9 nitrogen and oxygen atoms in total. The first-order valence-corrected chi connectivity index (χ1v) is 13.1. The van der Waals surface area contributed by atoms with Gasteiger partial charge in [-0.3, -0.25) is 0 Å². The summed E-state index contributed by atoms with van der Waals surface area (Å²) in [7, 11) is 0. The molecule has 5 rings (SSSR count). The monoisotopic (exact) mass is 555 g/mol. The smallest absolute Gasteiger partial charge is 0.407 e. The maximum Gasteiger partial charge on any atom is 0.407 e. The van der Waals surface area contributed by atoms with Gasteiger partial charge in [0.15, 0.2) is 22.6 Å². The predicted molar refractivity (Wildman–Crippen MR) is 142 cm³/mol. The zero-order chi connectivity index (χ0) is 27.8. The van der Waals surface area contributed by atoms with E-state index in [1.54, 1.807) is 4.68 Å². The van der Waals surface area contributed by atoms with Crippen molar-refractivity contribution in [2.24, 2.45) is 0 Å². The minimum absolute atomic E-state index is 0.177. The maximum absolute atomic E-state index is 15.4. The Morgan fingerprint density at radius 2 is 1.85 bits per heavy atom. The van der Waals surface area contributed by atoms with Crippen LogP contribution in [-0.2, 0) is 6.54 Å². The number of carbonyl (C=O) groups is 1. The minimum atomic E-state index is -1.04. The second kappa shape index (κ2) is 10.5. The lowest BCUT2D eigenvalue weighted by Crippen LogP contribution is -2.48. The van der Waals surface area contributed by atoms with Crippen LogP contribution in [0.3, 0.4) is 0 Å². The van der Waals surface area contributed by atoms with Gasteiger partial charge in [0.2, 0.25) is 0 Å². The van der Waals surface area contributed by atoms with Crippen LogP contribution in [0.2, 0.25) is 0 Å². The van der Waals surface area contributed by atoms with Crippen molar-refractivity contribution >= 4 is 45.0 Å². The first-order chi connectivity index (χ1) is 18.7. The van der Waals surface area contributed by atoms with Crippen LogP contribution < -0.4 is 9.80 Å². The van der Waals surface area contributed by atoms with Gasteiger partial charge in [-0.15, -0.1) is 0 Å². The number of hydrogen-bond donors (Lipinski definition) is 1. The third-order valence-corrected chi connectivity index (χ3v) is 7.67. The number of nitrogens with zero attached hydrogens (tertiary/aromatic N) is 7. The van der Waals surface area contributed by atoms with Gasteiger partial charge in [0.1, 0.15) is 28.0 Å². The number of aryl methyl sites for hydroxylation is 1. The van der Waals surface area contributed by atoms with Crippen molar-refractivity contribution in [3.63, 3.8) is 0 Å². The minimum Gasteiger partial charge on any atom is -0.465 e. The highest BCUT2D eigenvalue weighted by Gasteiger charge is 2.27. The van der Waals surface area contributed by atoms with E-state index < -0.39 is 23.5 Å². The number of rotatable bonds is 6. The van der Waals surface area contributed by atoms with Crippen LogP contribution >= 0.6 is 11.3 Å². The Morgan fingerprint density at radius 1 is 1.10 bits per heavy atom. The third kappa shape index (κ3) is 4.72. The highest BCUT2D eigenvalue weighted by molar-refractivity contribution is 7.16. The number of nitriles is 1. The van der Waals surface area contributed by atoms with Gasteiger partial charge >= 0.3 is 6.09 Å². The molecular weight excluding hydrogens is 531 g/mol. The average Bonchev–Trinajstić information content (AvgIpc) is 3.53. The van der Waals surface area contributed by atoms with E-state index >= 15 is 4.39 Å². The van der Waals surface area contributed by atoms with Gasteiger partial charge in [-0.05, 0) is 44.2 Å². The fraction of sp³-hybridized carbons (Fsp3) is 0.308. The van der Waals surface area contributed by atoms with Gasteiger partial charge in [0, 0.05) is 55.9 Å². The lowest BCUT2D eigenvalue weighted by Gasteiger charge is -2.34. The highest BCUT2D eigenvalue weighted by atomic mass is 32.1. The Bertz CT molecular complexity index is 1610. The Balaban J connectivity index is 1.59. The molecule has 1 N–H and O–H groups in total. The summed E-state index contributed by atoms with van der Waals surface area (Å²) in [6.07, 6.45) is -0.982. The van der Waals surface area contributed by atoms with Crippen LogP contribution in [0.25, 0.3) is 22.2 Å². The molecule has 4 aromatic rings. The van der Waals surface area contributed by atoms with E-state index in [0.717, 1.165) is 23.5 Å². The molecule has 0 bridgehead atoms. The average molecular weight is 556 g/mol. The third-order valence-electron chi connectivity index (χ3n) is 6.68. The molecule has 202 valence electrons. The van der Waals surface area contributed by atoms with Gasteiger partial charge in [-0.1, -0.05) is 11.3 Å². The Morgan fingerprint density at radius 3 is 2.46 bits per heavy atom. The number of aromatic nitrogens is 3. The first-order valence-electron chi connectivity index (χ1n) is 12.3. The fourth-order valence-corrected chi connectivity index (χ4v) is 5.67. The summed E-state index contributed by atoms with van der Waals surface area (Å²) in [6, 6.07) is 8.69. The van der Waals surface area contributed by atoms with Crippen LogP contribution in [0.4, 0.5) is 34.6 Å². The topological polar surface area (TPSA) is 102 Å². The van der Waals surface area contributed by atoms with E-state index in [1.807, 2.05) is 29.7 Å². The standard InChI is InChI=1S/C26H24F3N7O2S/c1-3-35(25-31-22(21(14-30)39-25)15-5-6-18(27)19(28)11-15)24-17-12-16(13-20(29)23(17)32-36(24)4-2)33-7-9-34(10-8-33)26(37)38/h5-6,11-13H,3-4,7-10H2,1-2H3,(H,37,38). The molecule has 39 heavy (non-hydrogen) atoms. The van der Waals surface area contributed by atoms with E-state index in [1.165, 1.54) is 17.0 Å². The molecule has 2 aromatic carbocycles. The van der Waals surface area contributed by atoms with Crippen LogP contribution in [0.1, 0.15) is 18.7 Å². The van der Waals surface area contributed by atoms with Crippen molar-refractivity contribution in [2.45, 2.75) is 20.4 Å². The molecule has 0 spiro atoms. The molecule has 0 radical (unpaired) electrons. The number of anilines is 3. The highest BCUT2D eigenvalue weighted by Crippen LogP contribution is 2.40. The number of carboxylic acid groups (broad SMARTS) is 1. The second-order valence-electron chi connectivity index (χ2n) is 8.88. The molecule has 0 unspecified atom stereocenters. The van der Waals surface area contributed by atoms with Gasteiger partial charge in [0.25, 0.3) is 0 Å². The number of amides is 1. The molecular formula is C26H24F3N7O2S. The van der Waals surface area contributed by atoms with Crippen LogP contribution in [0.5, 0.6) is 0 Å². The summed E-state index contributed by atoms with van der Waals surface area (Å²) in [4.78, 5) is 21.2. The molecule has 0 atom stereocenters. The summed E-state index contributed by atoms with van der Waals surface area (Å²) in [5, 5.41) is 24.5. The molecule has 13 heteroatoms. The Hall–Kier alpha value is -4.31. The van der Waals surface area contributed by atoms with Gasteiger partial charge in [0.05, 0.1) is 0 Å². The summed E-state index contributed by atoms with van der Waals surface area (Å²) < 4.78 is 44.5. The summed E-state index contributed by atoms with van der Waals surface area (Å²) >= 11 is 1.09. The van der Waals surface area contributed by atoms with E-state index in [-0.39, 0.29) is 21.7 Å². The summed E-state index contributed by atoms with van der Waals surface area (Å²) in [6.45, 7) is 6.04. The zero-order valence-electron chi connectivity index (χ0n) is 21.2. The lowest BCUT2D eigenvalue weighted by molar-refractivity contribution is 0.142. The van der Waals surface area contributed by atoms with Crippen molar-refractivity contribution < 1.29 is 23.1 Å². The zero-order valence-corrected chi connectivity index (χ0v) is 22.0. The number of thiazole rings is 1. The molecule has 3 heterocycles. The summed E-state index contributed by atoms with van der Waals surface area (Å²) in [5.41, 5.74) is 1.28. The molecule has 1 amide bonds. The van der Waals surface area contributed by atoms with Gasteiger partial charge in [-0.2, -0.15) is 10.4 Å². The molecule has 0 aliphatic carbocycles. The Kier molecular flexibility index (Phi) is 7.05. The SMILES string of the molecule is CCN(c1nc(-c2ccc(F)c(F)c2)c(C#N)s1)c1c2cc(N3CCN(C(=O)O)CC3)cc(F)c2nn1CC. The van der Waals surface area contributed by atoms with Gasteiger partial charge in [-0.25, -0.2) is 27.6 Å². The van der Waals surface area contributed by atoms with Crippen molar-refractivity contribution in [2.75, 3.05) is 42.5 Å². The number of hydrogen-bond acceptors (Lipinski definition) is 7. The van der Waals surface area contributed by atoms with Crippen LogP contribution in [-0.4, -0.2) is 63.6 Å². The van der Waals surface area contributed by atoms with Crippen LogP contribution in [0, 0.1) is 28.8 Å². The Labute approximate surface area is 225 Å². The number of piperazine rings is 1. The maximum atomic E-state index is 15.4. The van der Waals surface area contributed by atoms with Crippen molar-refractivity contribution in [1.29, 1.82) is 5.26 Å². The van der Waals surface area contributed by atoms with E-state index in [4.69, 9.17) is 0 Å².